The topological polar surface area (TPSA) is 59.0 Å². The fraction of sp³-hybridized carbons (Fsp3) is 0.667. The Morgan fingerprint density at radius 2 is 1.76 bits per heavy atom. The van der Waals surface area contributed by atoms with Gasteiger partial charge in [-0.1, -0.05) is 12.1 Å². The molecule has 0 unspecified atom stereocenters. The molecule has 0 aromatic heterocycles. The Bertz CT molecular complexity index is 712. The largest absolute Gasteiger partial charge is 0.418 e. The SMILES string of the molecule is CCO[C@H](c1ccc(N2CCC3(CCC(O)(COC)CC3)C2=O)cc1)C(F)(F)F. The number of hydrogen-bond acceptors (Lipinski definition) is 4. The predicted octanol–water partition coefficient (Wildman–Crippen LogP) is 4.00. The molecule has 1 atom stereocenters. The van der Waals surface area contributed by atoms with E-state index in [-0.39, 0.29) is 24.7 Å². The van der Waals surface area contributed by atoms with Gasteiger partial charge in [-0.2, -0.15) is 13.2 Å². The number of alkyl halides is 3. The third kappa shape index (κ3) is 4.44. The highest BCUT2D eigenvalue weighted by Crippen LogP contribution is 2.48. The first-order valence-corrected chi connectivity index (χ1v) is 9.96. The molecular weight excluding hydrogens is 387 g/mol. The van der Waals surface area contributed by atoms with Gasteiger partial charge < -0.3 is 19.5 Å². The van der Waals surface area contributed by atoms with Gasteiger partial charge in [0, 0.05) is 25.9 Å². The number of anilines is 1. The summed E-state index contributed by atoms with van der Waals surface area (Å²) in [6.45, 7) is 2.25. The Morgan fingerprint density at radius 1 is 1.14 bits per heavy atom. The van der Waals surface area contributed by atoms with Crippen LogP contribution >= 0.6 is 0 Å². The summed E-state index contributed by atoms with van der Waals surface area (Å²) in [5.41, 5.74) is -0.780. The lowest BCUT2D eigenvalue weighted by Gasteiger charge is -2.40. The van der Waals surface area contributed by atoms with Crippen molar-refractivity contribution in [2.45, 2.75) is 56.9 Å². The standard InChI is InChI=1S/C21H28F3NO4/c1-3-29-17(21(22,23)24)15-4-6-16(7-5-15)25-13-12-19(18(25)26)8-10-20(27,11-9-19)14-28-2/h4-7,17,27H,3,8-14H2,1-2H3/t17-,19?,20?/m1/s1. The summed E-state index contributed by atoms with van der Waals surface area (Å²) in [6, 6.07) is 5.85. The molecular formula is C21H28F3NO4. The zero-order chi connectivity index (χ0) is 21.3. The summed E-state index contributed by atoms with van der Waals surface area (Å²) in [4.78, 5) is 14.8. The number of hydrogen-bond donors (Lipinski definition) is 1. The Hall–Kier alpha value is -1.64. The quantitative estimate of drug-likeness (QED) is 0.763. The maximum absolute atomic E-state index is 13.2. The number of carbonyl (C=O) groups excluding carboxylic acids is 1. The molecule has 0 radical (unpaired) electrons. The molecule has 2 aliphatic rings. The number of aliphatic hydroxyl groups is 1. The number of benzene rings is 1. The second-order valence-corrected chi connectivity index (χ2v) is 8.11. The van der Waals surface area contributed by atoms with Crippen molar-refractivity contribution in [1.29, 1.82) is 0 Å². The van der Waals surface area contributed by atoms with Crippen molar-refractivity contribution in [2.24, 2.45) is 5.41 Å². The van der Waals surface area contributed by atoms with Crippen molar-refractivity contribution >= 4 is 11.6 Å². The molecule has 8 heteroatoms. The molecule has 1 aliphatic carbocycles. The number of halogens is 3. The number of ether oxygens (including phenoxy) is 2. The summed E-state index contributed by atoms with van der Waals surface area (Å²) in [5, 5.41) is 10.5. The Morgan fingerprint density at radius 3 is 2.28 bits per heavy atom. The minimum Gasteiger partial charge on any atom is -0.387 e. The Balaban J connectivity index is 1.72. The van der Waals surface area contributed by atoms with Gasteiger partial charge >= 0.3 is 6.18 Å². The number of nitrogens with zero attached hydrogens (tertiary/aromatic N) is 1. The number of carbonyl (C=O) groups is 1. The molecule has 162 valence electrons. The van der Waals surface area contributed by atoms with Gasteiger partial charge in [-0.15, -0.1) is 0 Å². The minimum atomic E-state index is -4.49. The van der Waals surface area contributed by atoms with Crippen molar-refractivity contribution in [3.8, 4) is 0 Å². The van der Waals surface area contributed by atoms with E-state index < -0.39 is 23.3 Å². The van der Waals surface area contributed by atoms with Crippen LogP contribution in [0.15, 0.2) is 24.3 Å². The number of methoxy groups -OCH3 is 1. The summed E-state index contributed by atoms with van der Waals surface area (Å²) >= 11 is 0. The van der Waals surface area contributed by atoms with E-state index in [1.807, 2.05) is 0 Å². The van der Waals surface area contributed by atoms with Crippen LogP contribution in [0.4, 0.5) is 18.9 Å². The van der Waals surface area contributed by atoms with E-state index in [1.54, 1.807) is 24.1 Å². The molecule has 5 nitrogen and oxygen atoms in total. The zero-order valence-electron chi connectivity index (χ0n) is 16.8. The molecule has 1 saturated carbocycles. The average molecular weight is 415 g/mol. The van der Waals surface area contributed by atoms with E-state index in [4.69, 9.17) is 9.47 Å². The summed E-state index contributed by atoms with van der Waals surface area (Å²) in [6.07, 6.45) is -3.62. The van der Waals surface area contributed by atoms with Crippen LogP contribution < -0.4 is 4.90 Å². The molecule has 2 fully saturated rings. The molecule has 1 aromatic rings. The first kappa shape index (κ1) is 22.1. The lowest BCUT2D eigenvalue weighted by molar-refractivity contribution is -0.222. The Kier molecular flexibility index (Phi) is 6.27. The average Bonchev–Trinajstić information content (AvgIpc) is 2.99. The van der Waals surface area contributed by atoms with Crippen LogP contribution in [0, 0.1) is 5.41 Å². The molecule has 1 aliphatic heterocycles. The summed E-state index contributed by atoms with van der Waals surface area (Å²) in [5.74, 6) is -0.0121. The smallest absolute Gasteiger partial charge is 0.387 e. The Labute approximate surface area is 168 Å². The molecule has 0 bridgehead atoms. The lowest BCUT2D eigenvalue weighted by Crippen LogP contribution is -2.45. The molecule has 1 saturated heterocycles. The monoisotopic (exact) mass is 415 g/mol. The van der Waals surface area contributed by atoms with Crippen LogP contribution in [-0.2, 0) is 14.3 Å². The first-order chi connectivity index (χ1) is 13.6. The van der Waals surface area contributed by atoms with Gasteiger partial charge in [-0.25, -0.2) is 0 Å². The van der Waals surface area contributed by atoms with Gasteiger partial charge in [0.05, 0.1) is 17.6 Å². The van der Waals surface area contributed by atoms with Gasteiger partial charge in [-0.05, 0) is 56.7 Å². The van der Waals surface area contributed by atoms with Crippen molar-refractivity contribution in [2.75, 3.05) is 31.8 Å². The molecule has 1 N–H and O–H groups in total. The fourth-order valence-electron chi connectivity index (χ4n) is 4.51. The predicted molar refractivity (Wildman–Crippen MR) is 102 cm³/mol. The number of amides is 1. The molecule has 1 spiro atoms. The molecule has 3 rings (SSSR count). The highest BCUT2D eigenvalue weighted by atomic mass is 19.4. The van der Waals surface area contributed by atoms with Gasteiger partial charge in [0.25, 0.3) is 0 Å². The van der Waals surface area contributed by atoms with Crippen molar-refractivity contribution < 1.29 is 32.5 Å². The highest BCUT2D eigenvalue weighted by Gasteiger charge is 2.51. The van der Waals surface area contributed by atoms with Crippen LogP contribution in [0.1, 0.15) is 50.7 Å². The summed E-state index contributed by atoms with van der Waals surface area (Å²) in [7, 11) is 1.54. The number of rotatable bonds is 6. The maximum Gasteiger partial charge on any atom is 0.418 e. The van der Waals surface area contributed by atoms with Crippen molar-refractivity contribution in [1.82, 2.24) is 0 Å². The van der Waals surface area contributed by atoms with E-state index >= 15 is 0 Å². The normalized spacial score (nSPS) is 28.9. The van der Waals surface area contributed by atoms with Gasteiger partial charge in [0.15, 0.2) is 6.10 Å². The van der Waals surface area contributed by atoms with Gasteiger partial charge in [0.2, 0.25) is 5.91 Å². The molecule has 1 aromatic carbocycles. The summed E-state index contributed by atoms with van der Waals surface area (Å²) < 4.78 is 49.5. The molecule has 29 heavy (non-hydrogen) atoms. The van der Waals surface area contributed by atoms with Gasteiger partial charge in [-0.3, -0.25) is 4.79 Å². The lowest BCUT2D eigenvalue weighted by atomic mass is 9.68. The first-order valence-electron chi connectivity index (χ1n) is 9.96. The minimum absolute atomic E-state index is 0.0121. The second kappa shape index (κ2) is 8.24. The highest BCUT2D eigenvalue weighted by molar-refractivity contribution is 6.00. The van der Waals surface area contributed by atoms with Crippen molar-refractivity contribution in [3.63, 3.8) is 0 Å². The molecule has 1 heterocycles. The van der Waals surface area contributed by atoms with Crippen LogP contribution in [0.25, 0.3) is 0 Å². The zero-order valence-corrected chi connectivity index (χ0v) is 16.8. The van der Waals surface area contributed by atoms with Gasteiger partial charge in [0.1, 0.15) is 0 Å². The van der Waals surface area contributed by atoms with Crippen LogP contribution in [0.5, 0.6) is 0 Å². The third-order valence-electron chi connectivity index (χ3n) is 6.20. The van der Waals surface area contributed by atoms with Crippen molar-refractivity contribution in [3.05, 3.63) is 29.8 Å². The van der Waals surface area contributed by atoms with E-state index in [9.17, 15) is 23.1 Å². The second-order valence-electron chi connectivity index (χ2n) is 8.11. The third-order valence-corrected chi connectivity index (χ3v) is 6.20. The van der Waals surface area contributed by atoms with Crippen LogP contribution in [0.2, 0.25) is 0 Å². The van der Waals surface area contributed by atoms with E-state index in [0.29, 0.717) is 44.3 Å². The van der Waals surface area contributed by atoms with Crippen LogP contribution in [0.3, 0.4) is 0 Å². The fourth-order valence-corrected chi connectivity index (χ4v) is 4.51. The van der Waals surface area contributed by atoms with E-state index in [1.165, 1.54) is 19.1 Å². The van der Waals surface area contributed by atoms with E-state index in [2.05, 4.69) is 0 Å². The van der Waals surface area contributed by atoms with Crippen LogP contribution in [-0.4, -0.2) is 49.7 Å². The maximum atomic E-state index is 13.2. The molecule has 1 amide bonds. The van der Waals surface area contributed by atoms with E-state index in [0.717, 1.165) is 0 Å².